The molecule has 0 aliphatic carbocycles. The number of nitrogens with zero attached hydrogens (tertiary/aromatic N) is 4. The third-order valence-corrected chi connectivity index (χ3v) is 8.09. The highest BCUT2D eigenvalue weighted by atomic mass is 16.5. The number of carbonyl (C=O) groups is 1. The van der Waals surface area contributed by atoms with Gasteiger partial charge in [-0.15, -0.1) is 0 Å². The molecule has 1 amide bonds. The molecule has 2 aromatic heterocycles. The predicted molar refractivity (Wildman–Crippen MR) is 170 cm³/mol. The van der Waals surface area contributed by atoms with Crippen molar-refractivity contribution in [2.45, 2.75) is 13.3 Å². The maximum atomic E-state index is 13.2. The van der Waals surface area contributed by atoms with E-state index in [9.17, 15) is 9.90 Å². The highest BCUT2D eigenvalue weighted by molar-refractivity contribution is 6.06. The molecule has 3 N–H and O–H groups in total. The van der Waals surface area contributed by atoms with E-state index in [2.05, 4.69) is 44.3 Å². The lowest BCUT2D eigenvalue weighted by molar-refractivity contribution is 0.102. The molecule has 5 aromatic rings. The van der Waals surface area contributed by atoms with Gasteiger partial charge in [-0.05, 0) is 85.6 Å². The summed E-state index contributed by atoms with van der Waals surface area (Å²) in [7, 11) is 3.75. The topological polar surface area (TPSA) is 107 Å². The van der Waals surface area contributed by atoms with Crippen molar-refractivity contribution < 1.29 is 14.6 Å². The van der Waals surface area contributed by atoms with E-state index >= 15 is 0 Å². The van der Waals surface area contributed by atoms with Crippen LogP contribution in [0, 0.1) is 6.92 Å². The van der Waals surface area contributed by atoms with E-state index in [1.54, 1.807) is 25.4 Å². The molecule has 1 fully saturated rings. The van der Waals surface area contributed by atoms with Gasteiger partial charge in [-0.1, -0.05) is 18.2 Å². The number of anilines is 1. The number of H-pyrrole nitrogens is 1. The summed E-state index contributed by atoms with van der Waals surface area (Å²) in [6.07, 6.45) is 2.66. The van der Waals surface area contributed by atoms with E-state index in [1.807, 2.05) is 49.4 Å². The molecule has 6 rings (SSSR count). The Kier molecular flexibility index (Phi) is 8.09. The van der Waals surface area contributed by atoms with Crippen LogP contribution in [0.15, 0.2) is 72.9 Å². The molecule has 0 bridgehead atoms. The van der Waals surface area contributed by atoms with Crippen molar-refractivity contribution in [2.24, 2.45) is 0 Å². The Morgan fingerprint density at radius 2 is 1.81 bits per heavy atom. The molecular weight excluding hydrogens is 540 g/mol. The van der Waals surface area contributed by atoms with Crippen molar-refractivity contribution in [3.63, 3.8) is 0 Å². The number of rotatable bonds is 8. The smallest absolute Gasteiger partial charge is 0.255 e. The minimum Gasteiger partial charge on any atom is -0.507 e. The van der Waals surface area contributed by atoms with Gasteiger partial charge in [0.15, 0.2) is 0 Å². The minimum atomic E-state index is -0.195. The van der Waals surface area contributed by atoms with Gasteiger partial charge in [0.25, 0.3) is 5.91 Å². The number of methoxy groups -OCH3 is 1. The number of nitrogens with one attached hydrogen (secondary N) is 2. The zero-order valence-corrected chi connectivity index (χ0v) is 24.7. The molecule has 0 saturated carbocycles. The second kappa shape index (κ2) is 12.2. The number of aromatic amines is 1. The van der Waals surface area contributed by atoms with Crippen LogP contribution in [0.1, 0.15) is 21.5 Å². The molecule has 3 heterocycles. The molecule has 9 nitrogen and oxygen atoms in total. The SMILES string of the molecule is COc1ncccc1-c1ccc(O)c(-c2nc3c(C)cc(C(=O)Nc4ccc(CCN5CCN(C)CC5)cc4)cc3[nH]2)c1. The van der Waals surface area contributed by atoms with Crippen molar-refractivity contribution in [1.29, 1.82) is 0 Å². The lowest BCUT2D eigenvalue weighted by Crippen LogP contribution is -2.45. The molecule has 220 valence electrons. The normalized spacial score (nSPS) is 14.2. The average Bonchev–Trinajstić information content (AvgIpc) is 3.46. The molecule has 0 spiro atoms. The Labute approximate surface area is 251 Å². The Hall–Kier alpha value is -4.73. The number of imidazole rings is 1. The van der Waals surface area contributed by atoms with Gasteiger partial charge >= 0.3 is 0 Å². The number of likely N-dealkylation sites (N-methyl/N-ethyl adjacent to an activating group) is 1. The summed E-state index contributed by atoms with van der Waals surface area (Å²) in [5, 5.41) is 13.7. The monoisotopic (exact) mass is 576 g/mol. The third-order valence-electron chi connectivity index (χ3n) is 8.09. The standard InChI is InChI=1S/C34H36N6O3/c1-22-19-25(33(42)36-26-9-6-23(7-10-26)12-14-40-17-15-39(2)16-18-40)21-29-31(22)38-32(37-29)28-20-24(8-11-30(28)41)27-5-4-13-35-34(27)43-3/h4-11,13,19-21,41H,12,14-18H2,1-3H3,(H,36,42)(H,37,38). The number of benzene rings is 3. The van der Waals surface area contributed by atoms with Crippen LogP contribution in [-0.4, -0.2) is 82.6 Å². The Bertz CT molecular complexity index is 1760. The summed E-state index contributed by atoms with van der Waals surface area (Å²) < 4.78 is 5.42. The van der Waals surface area contributed by atoms with Gasteiger partial charge in [0.2, 0.25) is 5.88 Å². The maximum Gasteiger partial charge on any atom is 0.255 e. The molecule has 0 radical (unpaired) electrons. The Morgan fingerprint density at radius 1 is 1.02 bits per heavy atom. The highest BCUT2D eigenvalue weighted by Crippen LogP contribution is 2.36. The first-order valence-electron chi connectivity index (χ1n) is 14.5. The number of ether oxygens (including phenoxy) is 1. The number of hydrogen-bond donors (Lipinski definition) is 3. The summed E-state index contributed by atoms with van der Waals surface area (Å²) in [5.41, 5.74) is 7.02. The van der Waals surface area contributed by atoms with E-state index < -0.39 is 0 Å². The van der Waals surface area contributed by atoms with Crippen molar-refractivity contribution in [1.82, 2.24) is 24.8 Å². The number of carbonyl (C=O) groups excluding carboxylic acids is 1. The fourth-order valence-corrected chi connectivity index (χ4v) is 5.53. The van der Waals surface area contributed by atoms with Crippen LogP contribution in [-0.2, 0) is 6.42 Å². The fraction of sp³-hybridized carbons (Fsp3) is 0.265. The lowest BCUT2D eigenvalue weighted by Gasteiger charge is -2.32. The van der Waals surface area contributed by atoms with Crippen LogP contribution >= 0.6 is 0 Å². The van der Waals surface area contributed by atoms with Crippen LogP contribution in [0.3, 0.4) is 0 Å². The number of amides is 1. The molecule has 0 atom stereocenters. The van der Waals surface area contributed by atoms with Crippen LogP contribution in [0.5, 0.6) is 11.6 Å². The van der Waals surface area contributed by atoms with Gasteiger partial charge in [0.1, 0.15) is 11.6 Å². The number of phenolic OH excluding ortho intramolecular Hbond substituents is 1. The maximum absolute atomic E-state index is 13.2. The van der Waals surface area contributed by atoms with Crippen molar-refractivity contribution in [3.05, 3.63) is 89.6 Å². The Balaban J connectivity index is 1.18. The second-order valence-electron chi connectivity index (χ2n) is 11.1. The average molecular weight is 577 g/mol. The number of fused-ring (bicyclic) bond motifs is 1. The zero-order chi connectivity index (χ0) is 29.9. The molecule has 1 saturated heterocycles. The summed E-state index contributed by atoms with van der Waals surface area (Å²) in [4.78, 5) is 30.5. The first-order valence-corrected chi connectivity index (χ1v) is 14.5. The zero-order valence-electron chi connectivity index (χ0n) is 24.7. The fourth-order valence-electron chi connectivity index (χ4n) is 5.53. The van der Waals surface area contributed by atoms with E-state index in [1.165, 1.54) is 5.56 Å². The number of phenols is 1. The molecule has 0 unspecified atom stereocenters. The largest absolute Gasteiger partial charge is 0.507 e. The Morgan fingerprint density at radius 3 is 2.58 bits per heavy atom. The van der Waals surface area contributed by atoms with Gasteiger partial charge in [-0.3, -0.25) is 4.79 Å². The molecule has 43 heavy (non-hydrogen) atoms. The van der Waals surface area contributed by atoms with Crippen LogP contribution in [0.25, 0.3) is 33.5 Å². The molecule has 9 heteroatoms. The molecule has 1 aliphatic rings. The summed E-state index contributed by atoms with van der Waals surface area (Å²) in [6, 6.07) is 20.8. The van der Waals surface area contributed by atoms with Gasteiger partial charge in [0, 0.05) is 55.7 Å². The van der Waals surface area contributed by atoms with E-state index in [0.29, 0.717) is 28.3 Å². The number of aromatic nitrogens is 3. The van der Waals surface area contributed by atoms with Gasteiger partial charge in [0.05, 0.1) is 23.7 Å². The second-order valence-corrected chi connectivity index (χ2v) is 11.1. The minimum absolute atomic E-state index is 0.0910. The molecular formula is C34H36N6O3. The summed E-state index contributed by atoms with van der Waals surface area (Å²) in [5.74, 6) is 0.897. The number of piperazine rings is 1. The number of pyridine rings is 1. The van der Waals surface area contributed by atoms with Gasteiger partial charge in [-0.2, -0.15) is 0 Å². The van der Waals surface area contributed by atoms with E-state index in [-0.39, 0.29) is 11.7 Å². The van der Waals surface area contributed by atoms with Crippen LogP contribution < -0.4 is 10.1 Å². The quantitative estimate of drug-likeness (QED) is 0.228. The van der Waals surface area contributed by atoms with Gasteiger partial charge in [-0.25, -0.2) is 9.97 Å². The summed E-state index contributed by atoms with van der Waals surface area (Å²) >= 11 is 0. The van der Waals surface area contributed by atoms with E-state index in [4.69, 9.17) is 9.72 Å². The lowest BCUT2D eigenvalue weighted by atomic mass is 10.0. The van der Waals surface area contributed by atoms with Crippen molar-refractivity contribution in [3.8, 4) is 34.1 Å². The predicted octanol–water partition coefficient (Wildman–Crippen LogP) is 5.36. The van der Waals surface area contributed by atoms with Crippen LogP contribution in [0.2, 0.25) is 0 Å². The highest BCUT2D eigenvalue weighted by Gasteiger charge is 2.17. The van der Waals surface area contributed by atoms with E-state index in [0.717, 1.165) is 67.0 Å². The number of aryl methyl sites for hydroxylation is 1. The first kappa shape index (κ1) is 28.4. The third kappa shape index (κ3) is 6.23. The van der Waals surface area contributed by atoms with Crippen LogP contribution in [0.4, 0.5) is 5.69 Å². The number of hydrogen-bond acceptors (Lipinski definition) is 7. The first-order chi connectivity index (χ1) is 20.9. The van der Waals surface area contributed by atoms with Crippen molar-refractivity contribution in [2.75, 3.05) is 52.2 Å². The van der Waals surface area contributed by atoms with Crippen molar-refractivity contribution >= 4 is 22.6 Å². The van der Waals surface area contributed by atoms with Gasteiger partial charge < -0.3 is 29.9 Å². The molecule has 1 aliphatic heterocycles. The summed E-state index contributed by atoms with van der Waals surface area (Å²) in [6.45, 7) is 7.43. The molecule has 3 aromatic carbocycles. The number of aromatic hydroxyl groups is 1.